The molecule has 4 aliphatic rings. The highest BCUT2D eigenvalue weighted by Crippen LogP contribution is 2.67. The first-order valence-corrected chi connectivity index (χ1v) is 12.8. The summed E-state index contributed by atoms with van der Waals surface area (Å²) in [6.45, 7) is 16.2. The van der Waals surface area contributed by atoms with Crippen LogP contribution in [0.3, 0.4) is 0 Å². The van der Waals surface area contributed by atoms with Gasteiger partial charge >= 0.3 is 0 Å². The van der Waals surface area contributed by atoms with Gasteiger partial charge in [-0.2, -0.15) is 0 Å². The molecule has 2 heteroatoms. The van der Waals surface area contributed by atoms with Crippen molar-refractivity contribution in [1.82, 2.24) is 0 Å². The number of fused-ring (bicyclic) bond motifs is 5. The molecular weight excluding hydrogens is 368 g/mol. The zero-order chi connectivity index (χ0) is 21.8. The lowest BCUT2D eigenvalue weighted by Crippen LogP contribution is -2.51. The fourth-order valence-electron chi connectivity index (χ4n) is 8.60. The lowest BCUT2D eigenvalue weighted by Gasteiger charge is -2.58. The van der Waals surface area contributed by atoms with E-state index < -0.39 is 0 Å². The fraction of sp³-hybridized carbons (Fsp3) is 0.857. The minimum atomic E-state index is -0.146. The quantitative estimate of drug-likeness (QED) is 0.502. The van der Waals surface area contributed by atoms with Crippen LogP contribution in [0, 0.1) is 46.3 Å². The van der Waals surface area contributed by atoms with Crippen molar-refractivity contribution in [3.63, 3.8) is 0 Å². The molecular formula is C28H46O2. The average molecular weight is 415 g/mol. The summed E-state index contributed by atoms with van der Waals surface area (Å²) >= 11 is 0. The molecule has 0 aromatic rings. The molecule has 0 aromatic carbocycles. The van der Waals surface area contributed by atoms with E-state index in [9.17, 15) is 10.2 Å². The van der Waals surface area contributed by atoms with Gasteiger partial charge in [0.2, 0.25) is 0 Å². The zero-order valence-electron chi connectivity index (χ0n) is 20.2. The molecule has 0 radical (unpaired) electrons. The molecule has 4 aliphatic carbocycles. The molecule has 0 unspecified atom stereocenters. The normalized spacial score (nSPS) is 46.6. The third-order valence-corrected chi connectivity index (χ3v) is 10.5. The van der Waals surface area contributed by atoms with Crippen LogP contribution in [-0.4, -0.2) is 22.4 Å². The Balaban J connectivity index is 1.53. The van der Waals surface area contributed by atoms with E-state index in [0.29, 0.717) is 29.6 Å². The van der Waals surface area contributed by atoms with E-state index in [1.807, 2.05) is 0 Å². The fourth-order valence-corrected chi connectivity index (χ4v) is 8.60. The van der Waals surface area contributed by atoms with Gasteiger partial charge in [0.25, 0.3) is 0 Å². The lowest BCUT2D eigenvalue weighted by atomic mass is 9.47. The van der Waals surface area contributed by atoms with Crippen molar-refractivity contribution in [2.75, 3.05) is 0 Å². The molecule has 0 saturated heterocycles. The topological polar surface area (TPSA) is 40.5 Å². The van der Waals surface area contributed by atoms with E-state index in [2.05, 4.69) is 47.3 Å². The summed E-state index contributed by atoms with van der Waals surface area (Å²) in [4.78, 5) is 0. The van der Waals surface area contributed by atoms with Crippen molar-refractivity contribution in [3.05, 3.63) is 23.8 Å². The number of rotatable bonds is 5. The van der Waals surface area contributed by atoms with E-state index in [1.54, 1.807) is 5.57 Å². The average Bonchev–Trinajstić information content (AvgIpc) is 2.96. The Morgan fingerprint density at radius 3 is 2.57 bits per heavy atom. The van der Waals surface area contributed by atoms with Crippen LogP contribution in [0.15, 0.2) is 23.8 Å². The lowest BCUT2D eigenvalue weighted by molar-refractivity contribution is -0.0618. The number of aliphatic hydroxyl groups is 2. The Morgan fingerprint density at radius 1 is 1.13 bits per heavy atom. The van der Waals surface area contributed by atoms with Gasteiger partial charge in [0, 0.05) is 0 Å². The van der Waals surface area contributed by atoms with Gasteiger partial charge in [-0.15, -0.1) is 0 Å². The Labute approximate surface area is 185 Å². The third-order valence-electron chi connectivity index (χ3n) is 10.5. The van der Waals surface area contributed by atoms with Gasteiger partial charge in [0.05, 0.1) is 12.2 Å². The Kier molecular flexibility index (Phi) is 6.08. The Morgan fingerprint density at radius 2 is 1.87 bits per heavy atom. The summed E-state index contributed by atoms with van der Waals surface area (Å²) in [7, 11) is 0. The highest BCUT2D eigenvalue weighted by Gasteiger charge is 2.61. The second-order valence-electron chi connectivity index (χ2n) is 12.4. The zero-order valence-corrected chi connectivity index (χ0v) is 20.2. The van der Waals surface area contributed by atoms with E-state index >= 15 is 0 Å². The van der Waals surface area contributed by atoms with Crippen LogP contribution in [0.2, 0.25) is 0 Å². The number of allylic oxidation sites excluding steroid dienone is 2. The van der Waals surface area contributed by atoms with Crippen molar-refractivity contribution < 1.29 is 10.2 Å². The van der Waals surface area contributed by atoms with Gasteiger partial charge in [-0.25, -0.2) is 0 Å². The van der Waals surface area contributed by atoms with Crippen LogP contribution in [0.1, 0.15) is 92.4 Å². The number of aliphatic hydroxyl groups excluding tert-OH is 2. The maximum atomic E-state index is 11.3. The summed E-state index contributed by atoms with van der Waals surface area (Å²) in [5.74, 6) is 3.64. The molecule has 0 spiro atoms. The van der Waals surface area contributed by atoms with Crippen molar-refractivity contribution in [2.45, 2.75) is 105 Å². The number of hydrogen-bond acceptors (Lipinski definition) is 2. The van der Waals surface area contributed by atoms with Gasteiger partial charge < -0.3 is 10.2 Å². The summed E-state index contributed by atoms with van der Waals surface area (Å²) in [5, 5.41) is 21.5. The maximum absolute atomic E-state index is 11.3. The summed E-state index contributed by atoms with van der Waals surface area (Å²) in [6, 6.07) is 0. The van der Waals surface area contributed by atoms with Crippen LogP contribution >= 0.6 is 0 Å². The highest BCUT2D eigenvalue weighted by molar-refractivity contribution is 5.25. The molecule has 0 heterocycles. The van der Waals surface area contributed by atoms with E-state index in [-0.39, 0.29) is 23.0 Å². The van der Waals surface area contributed by atoms with E-state index in [0.717, 1.165) is 44.4 Å². The first kappa shape index (κ1) is 22.6. The summed E-state index contributed by atoms with van der Waals surface area (Å²) in [5.41, 5.74) is 3.46. The van der Waals surface area contributed by atoms with Crippen molar-refractivity contribution in [2.24, 2.45) is 46.3 Å². The molecule has 0 aromatic heterocycles. The second-order valence-corrected chi connectivity index (χ2v) is 12.4. The first-order chi connectivity index (χ1) is 14.1. The first-order valence-electron chi connectivity index (χ1n) is 12.8. The second kappa shape index (κ2) is 8.07. The van der Waals surface area contributed by atoms with Crippen LogP contribution in [0.4, 0.5) is 0 Å². The van der Waals surface area contributed by atoms with Crippen LogP contribution < -0.4 is 0 Å². The molecule has 170 valence electrons. The number of hydrogen-bond donors (Lipinski definition) is 2. The van der Waals surface area contributed by atoms with Crippen LogP contribution in [-0.2, 0) is 0 Å². The molecule has 4 rings (SSSR count). The van der Waals surface area contributed by atoms with Crippen LogP contribution in [0.25, 0.3) is 0 Å². The third kappa shape index (κ3) is 3.54. The minimum Gasteiger partial charge on any atom is -0.393 e. The van der Waals surface area contributed by atoms with Crippen LogP contribution in [0.5, 0.6) is 0 Å². The van der Waals surface area contributed by atoms with Gasteiger partial charge in [0.15, 0.2) is 0 Å². The molecule has 2 N–H and O–H groups in total. The van der Waals surface area contributed by atoms with Crippen molar-refractivity contribution in [3.8, 4) is 0 Å². The molecule has 0 amide bonds. The molecule has 3 fully saturated rings. The molecule has 9 atom stereocenters. The molecule has 0 bridgehead atoms. The monoisotopic (exact) mass is 414 g/mol. The van der Waals surface area contributed by atoms with Gasteiger partial charge in [-0.05, 0) is 104 Å². The van der Waals surface area contributed by atoms with Crippen molar-refractivity contribution in [1.29, 1.82) is 0 Å². The van der Waals surface area contributed by atoms with E-state index in [4.69, 9.17) is 0 Å². The summed E-state index contributed by atoms with van der Waals surface area (Å²) in [6.07, 6.45) is 12.2. The van der Waals surface area contributed by atoms with Gasteiger partial charge in [-0.3, -0.25) is 0 Å². The summed E-state index contributed by atoms with van der Waals surface area (Å²) < 4.78 is 0. The van der Waals surface area contributed by atoms with E-state index in [1.165, 1.54) is 24.8 Å². The standard InChI is InChI=1S/C28H46O2/c1-17(2)18(3)7-8-19(4)26-25(30)16-24-22-10-9-20-15-21(29)11-13-27(20,5)23(22)12-14-28(24,26)6/h9,17,19,21-26,29-30H,3,7-8,10-16H2,1-2,4-6H3/t19-,21+,22-,23+,24+,25-,26+,27+,28+/m1/s1. The SMILES string of the molecule is C=C(CC[C@@H](C)[C@H]1[C@H](O)C[C@H]2[C@@H]3CC=C4C[C@@H](O)CC[C@]4(C)[C@H]3CC[C@]12C)C(C)C. The molecule has 0 aliphatic heterocycles. The predicted octanol–water partition coefficient (Wildman–Crippen LogP) is 6.53. The largest absolute Gasteiger partial charge is 0.393 e. The van der Waals surface area contributed by atoms with Gasteiger partial charge in [-0.1, -0.05) is 58.4 Å². The minimum absolute atomic E-state index is 0.131. The Bertz CT molecular complexity index is 693. The smallest absolute Gasteiger partial charge is 0.0579 e. The van der Waals surface area contributed by atoms with Crippen molar-refractivity contribution >= 4 is 0 Å². The maximum Gasteiger partial charge on any atom is 0.0579 e. The molecule has 3 saturated carbocycles. The Hall–Kier alpha value is -0.600. The molecule has 2 nitrogen and oxygen atoms in total. The van der Waals surface area contributed by atoms with Gasteiger partial charge in [0.1, 0.15) is 0 Å². The highest BCUT2D eigenvalue weighted by atomic mass is 16.3. The predicted molar refractivity (Wildman–Crippen MR) is 125 cm³/mol. The molecule has 30 heavy (non-hydrogen) atoms.